The Bertz CT molecular complexity index is 330. The highest BCUT2D eigenvalue weighted by Gasteiger charge is 2.18. The van der Waals surface area contributed by atoms with Gasteiger partial charge >= 0.3 is 0 Å². The lowest BCUT2D eigenvalue weighted by atomic mass is 9.98. The highest BCUT2D eigenvalue weighted by Crippen LogP contribution is 2.12. The van der Waals surface area contributed by atoms with E-state index >= 15 is 0 Å². The zero-order chi connectivity index (χ0) is 11.4. The topological polar surface area (TPSA) is 37.3 Å². The number of aliphatic hydroxyl groups excluding tert-OH is 1. The van der Waals surface area contributed by atoms with Gasteiger partial charge in [0.05, 0.1) is 0 Å². The fraction of sp³-hybridized carbons (Fsp3) is 0.417. The number of aliphatic hydroxyl groups is 1. The largest absolute Gasteiger partial charge is 0.385 e. The van der Waals surface area contributed by atoms with E-state index in [0.29, 0.717) is 11.4 Å². The minimum atomic E-state index is -0.911. The molecule has 0 saturated carbocycles. The fourth-order valence-electron chi connectivity index (χ4n) is 1.33. The number of hydrogen-bond donors (Lipinski definition) is 1. The van der Waals surface area contributed by atoms with Crippen LogP contribution >= 0.6 is 11.6 Å². The molecule has 0 amide bonds. The molecule has 0 spiro atoms. The van der Waals surface area contributed by atoms with Crippen molar-refractivity contribution in [3.8, 4) is 0 Å². The van der Waals surface area contributed by atoms with Crippen LogP contribution < -0.4 is 0 Å². The molecule has 0 aliphatic rings. The van der Waals surface area contributed by atoms with E-state index in [1.165, 1.54) is 0 Å². The van der Waals surface area contributed by atoms with Crippen LogP contribution in [0.3, 0.4) is 0 Å². The highest BCUT2D eigenvalue weighted by atomic mass is 35.5. The molecule has 82 valence electrons. The van der Waals surface area contributed by atoms with Gasteiger partial charge in [0.1, 0.15) is 6.10 Å². The third-order valence-electron chi connectivity index (χ3n) is 2.24. The second kappa shape index (κ2) is 5.29. The summed E-state index contributed by atoms with van der Waals surface area (Å²) in [6.45, 7) is 3.57. The molecule has 0 unspecified atom stereocenters. The maximum Gasteiger partial charge on any atom is 0.164 e. The Morgan fingerprint density at radius 3 is 2.33 bits per heavy atom. The standard InChI is InChI=1S/C12H15ClO2/c1-8(2)12(15)11(14)7-9-3-5-10(13)6-4-9/h3-6,8,11,14H,7H2,1-2H3/t11-/m1/s1. The minimum Gasteiger partial charge on any atom is -0.385 e. The van der Waals surface area contributed by atoms with Gasteiger partial charge in [-0.25, -0.2) is 0 Å². The zero-order valence-corrected chi connectivity index (χ0v) is 9.66. The van der Waals surface area contributed by atoms with Crippen LogP contribution in [0.2, 0.25) is 5.02 Å². The Hall–Kier alpha value is -0.860. The van der Waals surface area contributed by atoms with Gasteiger partial charge in [-0.05, 0) is 17.7 Å². The summed E-state index contributed by atoms with van der Waals surface area (Å²) >= 11 is 5.73. The molecule has 1 aromatic rings. The minimum absolute atomic E-state index is 0.120. The summed E-state index contributed by atoms with van der Waals surface area (Å²) in [5.41, 5.74) is 0.918. The lowest BCUT2D eigenvalue weighted by Crippen LogP contribution is -2.27. The predicted molar refractivity (Wildman–Crippen MR) is 61.0 cm³/mol. The summed E-state index contributed by atoms with van der Waals surface area (Å²) in [4.78, 5) is 11.4. The molecule has 3 heteroatoms. The Morgan fingerprint density at radius 1 is 1.33 bits per heavy atom. The SMILES string of the molecule is CC(C)C(=O)[C@H](O)Cc1ccc(Cl)cc1. The molecule has 0 heterocycles. The molecule has 0 aromatic heterocycles. The van der Waals surface area contributed by atoms with Gasteiger partial charge in [-0.2, -0.15) is 0 Å². The molecule has 15 heavy (non-hydrogen) atoms. The summed E-state index contributed by atoms with van der Waals surface area (Å²) < 4.78 is 0. The van der Waals surface area contributed by atoms with Crippen LogP contribution in [0.4, 0.5) is 0 Å². The van der Waals surface area contributed by atoms with Crippen molar-refractivity contribution in [3.05, 3.63) is 34.9 Å². The van der Waals surface area contributed by atoms with Crippen molar-refractivity contribution in [2.24, 2.45) is 5.92 Å². The van der Waals surface area contributed by atoms with Gasteiger partial charge in [0.2, 0.25) is 0 Å². The first kappa shape index (κ1) is 12.2. The monoisotopic (exact) mass is 226 g/mol. The quantitative estimate of drug-likeness (QED) is 0.857. The van der Waals surface area contributed by atoms with Crippen molar-refractivity contribution < 1.29 is 9.90 Å². The summed E-state index contributed by atoms with van der Waals surface area (Å²) in [6, 6.07) is 7.14. The molecule has 0 radical (unpaired) electrons. The molecular weight excluding hydrogens is 212 g/mol. The third kappa shape index (κ3) is 3.65. The van der Waals surface area contributed by atoms with Gasteiger partial charge in [0.15, 0.2) is 5.78 Å². The van der Waals surface area contributed by atoms with Crippen LogP contribution in [0, 0.1) is 5.92 Å². The molecule has 0 aliphatic heterocycles. The van der Waals surface area contributed by atoms with Crippen molar-refractivity contribution in [2.75, 3.05) is 0 Å². The van der Waals surface area contributed by atoms with Crippen molar-refractivity contribution in [2.45, 2.75) is 26.4 Å². The number of carbonyl (C=O) groups is 1. The number of halogens is 1. The Morgan fingerprint density at radius 2 is 1.87 bits per heavy atom. The summed E-state index contributed by atoms with van der Waals surface area (Å²) in [5, 5.41) is 10.3. The van der Waals surface area contributed by atoms with Crippen LogP contribution in [0.25, 0.3) is 0 Å². The summed E-state index contributed by atoms with van der Waals surface area (Å²) in [6.07, 6.45) is -0.556. The number of hydrogen-bond acceptors (Lipinski definition) is 2. The van der Waals surface area contributed by atoms with Crippen LogP contribution in [0.15, 0.2) is 24.3 Å². The average Bonchev–Trinajstić information content (AvgIpc) is 2.20. The molecular formula is C12H15ClO2. The zero-order valence-electron chi connectivity index (χ0n) is 8.90. The van der Waals surface area contributed by atoms with Gasteiger partial charge in [0.25, 0.3) is 0 Å². The smallest absolute Gasteiger partial charge is 0.164 e. The number of carbonyl (C=O) groups excluding carboxylic acids is 1. The van der Waals surface area contributed by atoms with Crippen LogP contribution in [-0.2, 0) is 11.2 Å². The maximum atomic E-state index is 11.4. The number of benzene rings is 1. The maximum absolute atomic E-state index is 11.4. The van der Waals surface area contributed by atoms with Crippen LogP contribution in [0.5, 0.6) is 0 Å². The van der Waals surface area contributed by atoms with E-state index in [2.05, 4.69) is 0 Å². The molecule has 1 N–H and O–H groups in total. The number of rotatable bonds is 4. The molecule has 0 fully saturated rings. The second-order valence-electron chi connectivity index (χ2n) is 3.90. The first-order valence-electron chi connectivity index (χ1n) is 4.97. The summed E-state index contributed by atoms with van der Waals surface area (Å²) in [5.74, 6) is -0.253. The van der Waals surface area contributed by atoms with E-state index in [9.17, 15) is 9.90 Å². The van der Waals surface area contributed by atoms with E-state index in [1.807, 2.05) is 12.1 Å². The van der Waals surface area contributed by atoms with Gasteiger partial charge in [0, 0.05) is 17.4 Å². The first-order valence-corrected chi connectivity index (χ1v) is 5.34. The van der Waals surface area contributed by atoms with E-state index in [0.717, 1.165) is 5.56 Å². The molecule has 0 bridgehead atoms. The van der Waals surface area contributed by atoms with Gasteiger partial charge in [-0.15, -0.1) is 0 Å². The van der Waals surface area contributed by atoms with E-state index < -0.39 is 6.10 Å². The molecule has 1 atom stereocenters. The Kier molecular flexibility index (Phi) is 4.30. The van der Waals surface area contributed by atoms with Crippen LogP contribution in [-0.4, -0.2) is 17.0 Å². The fourth-order valence-corrected chi connectivity index (χ4v) is 1.46. The van der Waals surface area contributed by atoms with E-state index in [4.69, 9.17) is 11.6 Å². The lowest BCUT2D eigenvalue weighted by Gasteiger charge is -2.11. The van der Waals surface area contributed by atoms with Crippen molar-refractivity contribution in [3.63, 3.8) is 0 Å². The first-order chi connectivity index (χ1) is 7.00. The molecule has 0 saturated heterocycles. The van der Waals surface area contributed by atoms with E-state index in [1.54, 1.807) is 26.0 Å². The molecule has 2 nitrogen and oxygen atoms in total. The number of Topliss-reactive ketones (excluding diaryl/α,β-unsaturated/α-hetero) is 1. The van der Waals surface area contributed by atoms with Gasteiger partial charge in [-0.1, -0.05) is 37.6 Å². The average molecular weight is 227 g/mol. The Labute approximate surface area is 94.9 Å². The lowest BCUT2D eigenvalue weighted by molar-refractivity contribution is -0.130. The molecule has 0 aliphatic carbocycles. The Balaban J connectivity index is 2.62. The van der Waals surface area contributed by atoms with Crippen LogP contribution in [0.1, 0.15) is 19.4 Å². The van der Waals surface area contributed by atoms with Crippen molar-refractivity contribution in [1.82, 2.24) is 0 Å². The molecule has 1 rings (SSSR count). The van der Waals surface area contributed by atoms with Gasteiger partial charge < -0.3 is 5.11 Å². The highest BCUT2D eigenvalue weighted by molar-refractivity contribution is 6.30. The predicted octanol–water partition coefficient (Wildman–Crippen LogP) is 2.47. The van der Waals surface area contributed by atoms with Crippen molar-refractivity contribution in [1.29, 1.82) is 0 Å². The third-order valence-corrected chi connectivity index (χ3v) is 2.49. The van der Waals surface area contributed by atoms with E-state index in [-0.39, 0.29) is 11.7 Å². The molecule has 1 aromatic carbocycles. The number of ketones is 1. The van der Waals surface area contributed by atoms with Crippen molar-refractivity contribution >= 4 is 17.4 Å². The second-order valence-corrected chi connectivity index (χ2v) is 4.34. The summed E-state index contributed by atoms with van der Waals surface area (Å²) in [7, 11) is 0. The van der Waals surface area contributed by atoms with Gasteiger partial charge in [-0.3, -0.25) is 4.79 Å². The normalized spacial score (nSPS) is 12.9.